The van der Waals surface area contributed by atoms with Crippen molar-refractivity contribution in [2.45, 2.75) is 19.4 Å². The van der Waals surface area contributed by atoms with E-state index in [9.17, 15) is 4.79 Å². The van der Waals surface area contributed by atoms with E-state index in [1.807, 2.05) is 49.5 Å². The lowest BCUT2D eigenvalue weighted by Gasteiger charge is -2.30. The molecule has 4 nitrogen and oxygen atoms in total. The van der Waals surface area contributed by atoms with E-state index in [1.54, 1.807) is 10.8 Å². The number of benzene rings is 2. The van der Waals surface area contributed by atoms with Crippen molar-refractivity contribution in [1.29, 1.82) is 0 Å². The summed E-state index contributed by atoms with van der Waals surface area (Å²) in [6.45, 7) is 2.99. The lowest BCUT2D eigenvalue weighted by Crippen LogP contribution is -2.32. The molecule has 5 heteroatoms. The number of piperidine rings is 1. The number of aryl methyl sites for hydroxylation is 1. The Morgan fingerprint density at radius 2 is 1.96 bits per heavy atom. The van der Waals surface area contributed by atoms with E-state index < -0.39 is 0 Å². The quantitative estimate of drug-likeness (QED) is 0.458. The number of allylic oxidation sites excluding steroid dienone is 2. The van der Waals surface area contributed by atoms with Crippen molar-refractivity contribution in [3.63, 3.8) is 0 Å². The fraction of sp³-hybridized carbons (Fsp3) is 0.304. The first-order chi connectivity index (χ1) is 13.6. The van der Waals surface area contributed by atoms with Crippen LogP contribution in [0.1, 0.15) is 28.9 Å². The Labute approximate surface area is 170 Å². The van der Waals surface area contributed by atoms with Gasteiger partial charge >= 0.3 is 0 Å². The van der Waals surface area contributed by atoms with Gasteiger partial charge in [-0.2, -0.15) is 5.10 Å². The smallest absolute Gasteiger partial charge is 0.206 e. The van der Waals surface area contributed by atoms with Crippen molar-refractivity contribution in [2.24, 2.45) is 13.0 Å². The van der Waals surface area contributed by atoms with Crippen LogP contribution in [0.4, 0.5) is 0 Å². The fourth-order valence-electron chi connectivity index (χ4n) is 3.90. The van der Waals surface area contributed by atoms with Crippen LogP contribution in [0.5, 0.6) is 0 Å². The average Bonchev–Trinajstić information content (AvgIpc) is 3.04. The molecule has 0 spiro atoms. The summed E-state index contributed by atoms with van der Waals surface area (Å²) in [5.74, 6) is 0.424. The molecule has 0 N–H and O–H groups in total. The minimum Gasteiger partial charge on any atom is -0.299 e. The van der Waals surface area contributed by atoms with Crippen LogP contribution in [0.15, 0.2) is 60.7 Å². The number of carbonyl (C=O) groups is 1. The number of ketones is 1. The van der Waals surface area contributed by atoms with Crippen LogP contribution in [0.2, 0.25) is 5.02 Å². The molecule has 0 unspecified atom stereocenters. The molecule has 144 valence electrons. The van der Waals surface area contributed by atoms with E-state index in [0.29, 0.717) is 11.6 Å². The van der Waals surface area contributed by atoms with Crippen LogP contribution in [0.25, 0.3) is 10.9 Å². The number of aromatic nitrogens is 2. The van der Waals surface area contributed by atoms with Crippen molar-refractivity contribution in [1.82, 2.24) is 14.7 Å². The first kappa shape index (κ1) is 18.9. The molecule has 2 aromatic carbocycles. The van der Waals surface area contributed by atoms with Gasteiger partial charge in [-0.1, -0.05) is 48.0 Å². The summed E-state index contributed by atoms with van der Waals surface area (Å²) in [7, 11) is 1.87. The van der Waals surface area contributed by atoms with Gasteiger partial charge in [-0.05, 0) is 61.7 Å². The summed E-state index contributed by atoms with van der Waals surface area (Å²) in [6.07, 6.45) is 5.91. The van der Waals surface area contributed by atoms with E-state index in [-0.39, 0.29) is 5.78 Å². The van der Waals surface area contributed by atoms with Crippen molar-refractivity contribution >= 4 is 28.3 Å². The van der Waals surface area contributed by atoms with Crippen molar-refractivity contribution in [3.8, 4) is 0 Å². The number of fused-ring (bicyclic) bond motifs is 1. The van der Waals surface area contributed by atoms with E-state index in [2.05, 4.69) is 22.1 Å². The second-order valence-corrected chi connectivity index (χ2v) is 7.89. The highest BCUT2D eigenvalue weighted by Gasteiger charge is 2.19. The topological polar surface area (TPSA) is 38.1 Å². The third-order valence-electron chi connectivity index (χ3n) is 5.44. The standard InChI is InChI=1S/C23H24ClN3O/c1-26-21-8-3-2-7-20(21)23(25-26)22(28)10-9-17-11-13-27(14-12-17)16-18-5-4-6-19(24)15-18/h2-10,15,17H,11-14,16H2,1H3/b10-9+. The number of rotatable bonds is 5. The molecule has 0 saturated carbocycles. The molecular formula is C23H24ClN3O. The van der Waals surface area contributed by atoms with Gasteiger partial charge in [0.2, 0.25) is 5.78 Å². The third-order valence-corrected chi connectivity index (χ3v) is 5.67. The second kappa shape index (κ2) is 8.29. The number of halogens is 1. The van der Waals surface area contributed by atoms with Crippen LogP contribution in [-0.4, -0.2) is 33.6 Å². The lowest BCUT2D eigenvalue weighted by molar-refractivity contribution is 0.104. The predicted molar refractivity (Wildman–Crippen MR) is 114 cm³/mol. The maximum absolute atomic E-state index is 12.7. The van der Waals surface area contributed by atoms with Gasteiger partial charge in [-0.15, -0.1) is 0 Å². The highest BCUT2D eigenvalue weighted by atomic mass is 35.5. The summed E-state index contributed by atoms with van der Waals surface area (Å²) < 4.78 is 1.77. The molecule has 28 heavy (non-hydrogen) atoms. The van der Waals surface area contributed by atoms with E-state index in [0.717, 1.165) is 48.4 Å². The Morgan fingerprint density at radius 1 is 1.18 bits per heavy atom. The van der Waals surface area contributed by atoms with Gasteiger partial charge in [0.05, 0.1) is 5.52 Å². The van der Waals surface area contributed by atoms with Crippen LogP contribution in [-0.2, 0) is 13.6 Å². The molecule has 0 amide bonds. The zero-order valence-corrected chi connectivity index (χ0v) is 16.8. The first-order valence-electron chi connectivity index (χ1n) is 9.71. The molecule has 0 atom stereocenters. The maximum Gasteiger partial charge on any atom is 0.206 e. The van der Waals surface area contributed by atoms with Crippen molar-refractivity contribution < 1.29 is 4.79 Å². The Hall–Kier alpha value is -2.43. The molecule has 1 saturated heterocycles. The average molecular weight is 394 g/mol. The minimum absolute atomic E-state index is 0.0156. The fourth-order valence-corrected chi connectivity index (χ4v) is 4.11. The molecular weight excluding hydrogens is 370 g/mol. The summed E-state index contributed by atoms with van der Waals surface area (Å²) in [5.41, 5.74) is 2.76. The van der Waals surface area contributed by atoms with Gasteiger partial charge in [0.15, 0.2) is 0 Å². The molecule has 1 fully saturated rings. The van der Waals surface area contributed by atoms with Crippen LogP contribution in [0.3, 0.4) is 0 Å². The van der Waals surface area contributed by atoms with Gasteiger partial charge in [0.1, 0.15) is 5.69 Å². The van der Waals surface area contributed by atoms with Gasteiger partial charge in [0.25, 0.3) is 0 Å². The molecule has 1 aliphatic heterocycles. The zero-order valence-electron chi connectivity index (χ0n) is 16.0. The Bertz CT molecular complexity index is 1020. The van der Waals surface area contributed by atoms with Gasteiger partial charge in [-0.3, -0.25) is 14.4 Å². The predicted octanol–water partition coefficient (Wildman–Crippen LogP) is 4.88. The van der Waals surface area contributed by atoms with Crippen molar-refractivity contribution in [3.05, 3.63) is 77.0 Å². The Kier molecular flexibility index (Phi) is 5.60. The third kappa shape index (κ3) is 4.18. The normalized spacial score (nSPS) is 16.2. The minimum atomic E-state index is -0.0156. The zero-order chi connectivity index (χ0) is 19.5. The van der Waals surface area contributed by atoms with E-state index in [4.69, 9.17) is 11.6 Å². The first-order valence-corrected chi connectivity index (χ1v) is 10.1. The number of likely N-dealkylation sites (tertiary alicyclic amines) is 1. The summed E-state index contributed by atoms with van der Waals surface area (Å²) in [5, 5.41) is 6.12. The molecule has 0 bridgehead atoms. The molecule has 2 heterocycles. The van der Waals surface area contributed by atoms with Gasteiger partial charge in [-0.25, -0.2) is 0 Å². The molecule has 0 aliphatic carbocycles. The molecule has 1 aromatic heterocycles. The van der Waals surface area contributed by atoms with Crippen LogP contribution < -0.4 is 0 Å². The Morgan fingerprint density at radius 3 is 2.75 bits per heavy atom. The lowest BCUT2D eigenvalue weighted by atomic mass is 9.95. The monoisotopic (exact) mass is 393 g/mol. The van der Waals surface area contributed by atoms with Gasteiger partial charge < -0.3 is 0 Å². The number of para-hydroxylation sites is 1. The van der Waals surface area contributed by atoms with Crippen LogP contribution in [0, 0.1) is 5.92 Å². The largest absolute Gasteiger partial charge is 0.299 e. The summed E-state index contributed by atoms with van der Waals surface area (Å²) >= 11 is 6.08. The number of hydrogen-bond donors (Lipinski definition) is 0. The maximum atomic E-state index is 12.7. The highest BCUT2D eigenvalue weighted by Crippen LogP contribution is 2.22. The molecule has 4 rings (SSSR count). The summed E-state index contributed by atoms with van der Waals surface area (Å²) in [6, 6.07) is 15.9. The summed E-state index contributed by atoms with van der Waals surface area (Å²) in [4.78, 5) is 15.1. The SMILES string of the molecule is Cn1nc(C(=O)/C=C/C2CCN(Cc3cccc(Cl)c3)CC2)c2ccccc21. The highest BCUT2D eigenvalue weighted by molar-refractivity contribution is 6.30. The molecule has 3 aromatic rings. The Balaban J connectivity index is 1.35. The van der Waals surface area contributed by atoms with Crippen molar-refractivity contribution in [2.75, 3.05) is 13.1 Å². The second-order valence-electron chi connectivity index (χ2n) is 7.46. The number of nitrogens with zero attached hydrogens (tertiary/aromatic N) is 3. The van der Waals surface area contributed by atoms with Crippen LogP contribution >= 0.6 is 11.6 Å². The van der Waals surface area contributed by atoms with E-state index in [1.165, 1.54) is 5.56 Å². The number of hydrogen-bond acceptors (Lipinski definition) is 3. The number of carbonyl (C=O) groups excluding carboxylic acids is 1. The van der Waals surface area contributed by atoms with E-state index >= 15 is 0 Å². The molecule has 1 aliphatic rings. The molecule has 0 radical (unpaired) electrons. The van der Waals surface area contributed by atoms with Gasteiger partial charge in [0, 0.05) is 24.0 Å².